The standard InChI is InChI=1S/C19H27N3O3/c1-20-17-6-9-22(12-15(17)11-18(20)23)19(24)14-4-7-21(8-5-14)13-16-3-2-10-25-16/h2-3,10,14-15,17H,4-9,11-13H2,1H3/t15-,17+/m1/s1. The fourth-order valence-electron chi connectivity index (χ4n) is 4.70. The van der Waals surface area contributed by atoms with Crippen LogP contribution in [-0.2, 0) is 16.1 Å². The summed E-state index contributed by atoms with van der Waals surface area (Å²) in [4.78, 5) is 31.1. The average molecular weight is 345 g/mol. The molecule has 136 valence electrons. The maximum absolute atomic E-state index is 12.9. The van der Waals surface area contributed by atoms with Crippen molar-refractivity contribution in [1.82, 2.24) is 14.7 Å². The van der Waals surface area contributed by atoms with Crippen LogP contribution in [0.2, 0.25) is 0 Å². The Labute approximate surface area is 148 Å². The van der Waals surface area contributed by atoms with E-state index < -0.39 is 0 Å². The highest BCUT2D eigenvalue weighted by Gasteiger charge is 2.42. The first kappa shape index (κ1) is 16.6. The zero-order chi connectivity index (χ0) is 17.4. The molecule has 0 bridgehead atoms. The van der Waals surface area contributed by atoms with Gasteiger partial charge in [-0.15, -0.1) is 0 Å². The van der Waals surface area contributed by atoms with Gasteiger partial charge in [0.2, 0.25) is 11.8 Å². The van der Waals surface area contributed by atoms with E-state index in [4.69, 9.17) is 4.42 Å². The molecule has 3 fully saturated rings. The van der Waals surface area contributed by atoms with Crippen LogP contribution in [0.15, 0.2) is 22.8 Å². The van der Waals surface area contributed by atoms with Gasteiger partial charge < -0.3 is 14.2 Å². The first-order valence-electron chi connectivity index (χ1n) is 9.41. The van der Waals surface area contributed by atoms with Gasteiger partial charge in [-0.1, -0.05) is 0 Å². The second-order valence-corrected chi connectivity index (χ2v) is 7.74. The van der Waals surface area contributed by atoms with Crippen molar-refractivity contribution in [1.29, 1.82) is 0 Å². The summed E-state index contributed by atoms with van der Waals surface area (Å²) >= 11 is 0. The van der Waals surface area contributed by atoms with E-state index in [0.717, 1.165) is 57.7 Å². The molecule has 3 aliphatic rings. The molecule has 0 spiro atoms. The number of nitrogens with zero attached hydrogens (tertiary/aromatic N) is 3. The third-order valence-electron chi connectivity index (χ3n) is 6.23. The normalized spacial score (nSPS) is 28.4. The number of amides is 2. The molecule has 1 aromatic heterocycles. The monoisotopic (exact) mass is 345 g/mol. The van der Waals surface area contributed by atoms with Gasteiger partial charge in [0.25, 0.3) is 0 Å². The van der Waals surface area contributed by atoms with Crippen molar-refractivity contribution in [3.8, 4) is 0 Å². The van der Waals surface area contributed by atoms with Crippen LogP contribution in [0.1, 0.15) is 31.4 Å². The molecule has 0 aliphatic carbocycles. The number of hydrogen-bond acceptors (Lipinski definition) is 4. The molecule has 4 heterocycles. The molecule has 0 unspecified atom stereocenters. The lowest BCUT2D eigenvalue weighted by Crippen LogP contribution is -2.50. The van der Waals surface area contributed by atoms with Gasteiger partial charge in [0.15, 0.2) is 0 Å². The Balaban J connectivity index is 1.28. The van der Waals surface area contributed by atoms with E-state index in [9.17, 15) is 9.59 Å². The quantitative estimate of drug-likeness (QED) is 0.834. The van der Waals surface area contributed by atoms with Gasteiger partial charge in [-0.2, -0.15) is 0 Å². The van der Waals surface area contributed by atoms with Crippen LogP contribution >= 0.6 is 0 Å². The summed E-state index contributed by atoms with van der Waals surface area (Å²) in [5.74, 6) is 1.99. The summed E-state index contributed by atoms with van der Waals surface area (Å²) in [7, 11) is 1.90. The maximum atomic E-state index is 12.9. The molecule has 0 saturated carbocycles. The molecular formula is C19H27N3O3. The molecule has 2 atom stereocenters. The predicted molar refractivity (Wildman–Crippen MR) is 92.6 cm³/mol. The number of piperidine rings is 2. The summed E-state index contributed by atoms with van der Waals surface area (Å²) in [5.41, 5.74) is 0. The highest BCUT2D eigenvalue weighted by atomic mass is 16.3. The Hall–Kier alpha value is -1.82. The number of carbonyl (C=O) groups excluding carboxylic acids is 2. The molecule has 0 aromatic carbocycles. The Morgan fingerprint density at radius 3 is 2.76 bits per heavy atom. The van der Waals surface area contributed by atoms with Crippen molar-refractivity contribution >= 4 is 11.8 Å². The van der Waals surface area contributed by atoms with Gasteiger partial charge in [-0.25, -0.2) is 0 Å². The van der Waals surface area contributed by atoms with Gasteiger partial charge in [0, 0.05) is 44.4 Å². The molecule has 25 heavy (non-hydrogen) atoms. The Bertz CT molecular complexity index is 622. The minimum Gasteiger partial charge on any atom is -0.468 e. The van der Waals surface area contributed by atoms with Gasteiger partial charge in [-0.3, -0.25) is 14.5 Å². The molecule has 0 N–H and O–H groups in total. The first-order valence-corrected chi connectivity index (χ1v) is 9.41. The van der Waals surface area contributed by atoms with Crippen LogP contribution in [0.25, 0.3) is 0 Å². The van der Waals surface area contributed by atoms with E-state index in [-0.39, 0.29) is 11.8 Å². The maximum Gasteiger partial charge on any atom is 0.225 e. The van der Waals surface area contributed by atoms with E-state index in [1.54, 1.807) is 6.26 Å². The number of furan rings is 1. The molecule has 3 saturated heterocycles. The summed E-state index contributed by atoms with van der Waals surface area (Å²) in [6.07, 6.45) is 5.08. The smallest absolute Gasteiger partial charge is 0.225 e. The lowest BCUT2D eigenvalue weighted by atomic mass is 9.90. The van der Waals surface area contributed by atoms with Crippen LogP contribution in [0.3, 0.4) is 0 Å². The zero-order valence-corrected chi connectivity index (χ0v) is 14.9. The summed E-state index contributed by atoms with van der Waals surface area (Å²) < 4.78 is 5.41. The molecule has 1 aromatic rings. The van der Waals surface area contributed by atoms with E-state index in [0.29, 0.717) is 24.3 Å². The summed E-state index contributed by atoms with van der Waals surface area (Å²) in [6, 6.07) is 4.26. The van der Waals surface area contributed by atoms with E-state index in [1.165, 1.54) is 0 Å². The highest BCUT2D eigenvalue weighted by molar-refractivity contribution is 5.81. The van der Waals surface area contributed by atoms with Crippen molar-refractivity contribution in [2.75, 3.05) is 33.2 Å². The molecule has 4 rings (SSSR count). The first-order chi connectivity index (χ1) is 12.1. The predicted octanol–water partition coefficient (Wildman–Crippen LogP) is 1.57. The van der Waals surface area contributed by atoms with Crippen molar-refractivity contribution in [2.24, 2.45) is 11.8 Å². The minimum absolute atomic E-state index is 0.138. The molecule has 6 nitrogen and oxygen atoms in total. The van der Waals surface area contributed by atoms with Gasteiger partial charge >= 0.3 is 0 Å². The summed E-state index contributed by atoms with van der Waals surface area (Å²) in [5, 5.41) is 0. The Kier molecular flexibility index (Phi) is 4.54. The molecule has 3 aliphatic heterocycles. The largest absolute Gasteiger partial charge is 0.468 e. The molecule has 0 radical (unpaired) electrons. The molecule has 2 amide bonds. The fourth-order valence-corrected chi connectivity index (χ4v) is 4.70. The van der Waals surface area contributed by atoms with E-state index >= 15 is 0 Å². The van der Waals surface area contributed by atoms with Crippen LogP contribution in [-0.4, -0.2) is 65.8 Å². The van der Waals surface area contributed by atoms with E-state index in [1.807, 2.05) is 29.0 Å². The lowest BCUT2D eigenvalue weighted by molar-refractivity contribution is -0.139. The van der Waals surface area contributed by atoms with Crippen molar-refractivity contribution in [3.63, 3.8) is 0 Å². The third-order valence-corrected chi connectivity index (χ3v) is 6.23. The van der Waals surface area contributed by atoms with E-state index in [2.05, 4.69) is 4.90 Å². The third kappa shape index (κ3) is 3.32. The van der Waals surface area contributed by atoms with Crippen LogP contribution < -0.4 is 0 Å². The number of likely N-dealkylation sites (tertiary alicyclic amines) is 3. The summed E-state index contributed by atoms with van der Waals surface area (Å²) in [6.45, 7) is 4.27. The van der Waals surface area contributed by atoms with Gasteiger partial charge in [0.1, 0.15) is 5.76 Å². The van der Waals surface area contributed by atoms with Crippen LogP contribution in [0, 0.1) is 11.8 Å². The number of carbonyl (C=O) groups is 2. The van der Waals surface area contributed by atoms with Crippen molar-refractivity contribution in [3.05, 3.63) is 24.2 Å². The number of fused-ring (bicyclic) bond motifs is 1. The minimum atomic E-state index is 0.138. The SMILES string of the molecule is CN1C(=O)C[C@@H]2CN(C(=O)C3CCN(Cc4ccco4)CC3)CC[C@@H]21. The average Bonchev–Trinajstić information content (AvgIpc) is 3.23. The van der Waals surface area contributed by atoms with Gasteiger partial charge in [0.05, 0.1) is 12.8 Å². The van der Waals surface area contributed by atoms with Gasteiger partial charge in [-0.05, 0) is 44.5 Å². The fraction of sp³-hybridized carbons (Fsp3) is 0.684. The van der Waals surface area contributed by atoms with Crippen LogP contribution in [0.4, 0.5) is 0 Å². The zero-order valence-electron chi connectivity index (χ0n) is 14.9. The van der Waals surface area contributed by atoms with Crippen molar-refractivity contribution < 1.29 is 14.0 Å². The lowest BCUT2D eigenvalue weighted by Gasteiger charge is -2.39. The highest BCUT2D eigenvalue weighted by Crippen LogP contribution is 2.32. The van der Waals surface area contributed by atoms with Crippen molar-refractivity contribution in [2.45, 2.75) is 38.3 Å². The number of hydrogen-bond donors (Lipinski definition) is 0. The Morgan fingerprint density at radius 2 is 2.04 bits per heavy atom. The Morgan fingerprint density at radius 1 is 1.24 bits per heavy atom. The molecule has 6 heteroatoms. The van der Waals surface area contributed by atoms with Crippen LogP contribution in [0.5, 0.6) is 0 Å². The second-order valence-electron chi connectivity index (χ2n) is 7.74. The topological polar surface area (TPSA) is 57.0 Å². The number of rotatable bonds is 3. The molecular weight excluding hydrogens is 318 g/mol. The second kappa shape index (κ2) is 6.83.